The van der Waals surface area contributed by atoms with Gasteiger partial charge in [-0.3, -0.25) is 15.0 Å². The number of nitrogens with zero attached hydrogens (tertiary/aromatic N) is 3. The highest BCUT2D eigenvalue weighted by Crippen LogP contribution is 2.38. The Balaban J connectivity index is 1.90. The van der Waals surface area contributed by atoms with E-state index in [2.05, 4.69) is 15.4 Å². The summed E-state index contributed by atoms with van der Waals surface area (Å²) in [6.45, 7) is -0.420. The fourth-order valence-electron chi connectivity index (χ4n) is 3.20. The smallest absolute Gasteiger partial charge is 0.299 e. The maximum atomic E-state index is 14.5. The lowest BCUT2D eigenvalue weighted by molar-refractivity contribution is -0.162. The quantitative estimate of drug-likeness (QED) is 0.651. The summed E-state index contributed by atoms with van der Waals surface area (Å²) in [6, 6.07) is 5.87. The second-order valence-corrected chi connectivity index (χ2v) is 6.62. The Hall–Kier alpha value is -2.45. The standard InChI is InChI=1S/C18H13ClF4N4/c19-11-1-2-12(13(20)7-11)17-16(10-3-5-24-6-4-10)14-8-25-15(18(21,22)23)9-27(14)26-17/h1-7,15,25H,8-9H2. The molecule has 0 spiro atoms. The minimum absolute atomic E-state index is 0.0377. The summed E-state index contributed by atoms with van der Waals surface area (Å²) in [6.07, 6.45) is -1.27. The predicted octanol–water partition coefficient (Wildman–Crippen LogP) is 4.44. The number of alkyl halides is 3. The Morgan fingerprint density at radius 1 is 1.15 bits per heavy atom. The van der Waals surface area contributed by atoms with Crippen molar-refractivity contribution in [1.82, 2.24) is 20.1 Å². The van der Waals surface area contributed by atoms with Crippen molar-refractivity contribution in [3.05, 3.63) is 59.3 Å². The van der Waals surface area contributed by atoms with Crippen molar-refractivity contribution in [1.29, 1.82) is 0 Å². The first-order valence-corrected chi connectivity index (χ1v) is 8.48. The molecule has 1 atom stereocenters. The number of pyridine rings is 1. The molecule has 0 bridgehead atoms. The molecule has 3 aromatic rings. The Morgan fingerprint density at radius 2 is 1.89 bits per heavy atom. The van der Waals surface area contributed by atoms with Gasteiger partial charge in [-0.05, 0) is 35.9 Å². The van der Waals surface area contributed by atoms with Gasteiger partial charge in [0.05, 0.1) is 12.2 Å². The van der Waals surface area contributed by atoms with Crippen LogP contribution in [0.1, 0.15) is 5.69 Å². The number of benzene rings is 1. The average Bonchev–Trinajstić information content (AvgIpc) is 3.00. The molecule has 4 rings (SSSR count). The van der Waals surface area contributed by atoms with Crippen LogP contribution in [0.15, 0.2) is 42.7 Å². The molecule has 9 heteroatoms. The van der Waals surface area contributed by atoms with Crippen LogP contribution < -0.4 is 5.32 Å². The molecule has 1 aliphatic rings. The molecule has 1 aromatic carbocycles. The third-order valence-electron chi connectivity index (χ3n) is 4.48. The predicted molar refractivity (Wildman–Crippen MR) is 92.5 cm³/mol. The highest BCUT2D eigenvalue weighted by atomic mass is 35.5. The van der Waals surface area contributed by atoms with E-state index in [1.54, 1.807) is 24.5 Å². The van der Waals surface area contributed by atoms with Crippen LogP contribution in [0.4, 0.5) is 17.6 Å². The van der Waals surface area contributed by atoms with Crippen molar-refractivity contribution < 1.29 is 17.6 Å². The van der Waals surface area contributed by atoms with Crippen LogP contribution in [0.2, 0.25) is 5.02 Å². The molecular formula is C18H13ClF4N4. The summed E-state index contributed by atoms with van der Waals surface area (Å²) < 4.78 is 55.2. The van der Waals surface area contributed by atoms with E-state index in [-0.39, 0.29) is 29.4 Å². The highest BCUT2D eigenvalue weighted by molar-refractivity contribution is 6.30. The first-order chi connectivity index (χ1) is 12.8. The normalized spacial score (nSPS) is 17.0. The van der Waals surface area contributed by atoms with Gasteiger partial charge in [-0.25, -0.2) is 4.39 Å². The summed E-state index contributed by atoms with van der Waals surface area (Å²) in [5.41, 5.74) is 2.28. The Kier molecular flexibility index (Phi) is 4.39. The molecule has 0 fully saturated rings. The molecule has 1 aliphatic heterocycles. The summed E-state index contributed by atoms with van der Waals surface area (Å²) in [5.74, 6) is -0.589. The van der Waals surface area contributed by atoms with Gasteiger partial charge in [-0.1, -0.05) is 11.6 Å². The van der Waals surface area contributed by atoms with Gasteiger partial charge in [-0.2, -0.15) is 18.3 Å². The van der Waals surface area contributed by atoms with E-state index in [1.165, 1.54) is 16.8 Å². The molecule has 140 valence electrons. The van der Waals surface area contributed by atoms with Crippen LogP contribution in [-0.4, -0.2) is 27.0 Å². The molecule has 2 aromatic heterocycles. The summed E-state index contributed by atoms with van der Waals surface area (Å²) in [7, 11) is 0. The lowest BCUT2D eigenvalue weighted by Gasteiger charge is -2.27. The number of hydrogen-bond acceptors (Lipinski definition) is 3. The van der Waals surface area contributed by atoms with Gasteiger partial charge >= 0.3 is 6.18 Å². The molecule has 0 radical (unpaired) electrons. The maximum Gasteiger partial charge on any atom is 0.405 e. The zero-order valence-electron chi connectivity index (χ0n) is 13.8. The molecular weight excluding hydrogens is 384 g/mol. The third kappa shape index (κ3) is 3.30. The Bertz CT molecular complexity index is 985. The first-order valence-electron chi connectivity index (χ1n) is 8.10. The summed E-state index contributed by atoms with van der Waals surface area (Å²) in [5, 5.41) is 7.05. The number of halogens is 5. The van der Waals surface area contributed by atoms with Crippen LogP contribution in [0, 0.1) is 5.82 Å². The largest absolute Gasteiger partial charge is 0.405 e. The third-order valence-corrected chi connectivity index (χ3v) is 4.71. The van der Waals surface area contributed by atoms with Gasteiger partial charge in [0, 0.05) is 35.1 Å². The van der Waals surface area contributed by atoms with E-state index in [0.29, 0.717) is 16.8 Å². The Morgan fingerprint density at radius 3 is 2.56 bits per heavy atom. The van der Waals surface area contributed by atoms with Gasteiger partial charge in [0.1, 0.15) is 17.6 Å². The van der Waals surface area contributed by atoms with Crippen LogP contribution >= 0.6 is 11.6 Å². The number of rotatable bonds is 2. The van der Waals surface area contributed by atoms with E-state index < -0.39 is 18.0 Å². The van der Waals surface area contributed by atoms with Crippen molar-refractivity contribution in [3.63, 3.8) is 0 Å². The van der Waals surface area contributed by atoms with Gasteiger partial charge in [0.15, 0.2) is 0 Å². The van der Waals surface area contributed by atoms with E-state index in [1.807, 2.05) is 0 Å². The molecule has 1 unspecified atom stereocenters. The second kappa shape index (κ2) is 6.61. The number of fused-ring (bicyclic) bond motifs is 1. The van der Waals surface area contributed by atoms with Gasteiger partial charge < -0.3 is 0 Å². The highest BCUT2D eigenvalue weighted by Gasteiger charge is 2.42. The van der Waals surface area contributed by atoms with Gasteiger partial charge in [0.25, 0.3) is 0 Å². The van der Waals surface area contributed by atoms with Crippen molar-refractivity contribution >= 4 is 11.6 Å². The zero-order chi connectivity index (χ0) is 19.2. The molecule has 1 N–H and O–H groups in total. The number of hydrogen-bond donors (Lipinski definition) is 1. The minimum atomic E-state index is -4.40. The van der Waals surface area contributed by atoms with E-state index >= 15 is 0 Å². The zero-order valence-corrected chi connectivity index (χ0v) is 14.5. The van der Waals surface area contributed by atoms with E-state index in [0.717, 1.165) is 6.07 Å². The fraction of sp³-hybridized carbons (Fsp3) is 0.222. The lowest BCUT2D eigenvalue weighted by atomic mass is 9.98. The van der Waals surface area contributed by atoms with Gasteiger partial charge in [-0.15, -0.1) is 0 Å². The van der Waals surface area contributed by atoms with Crippen molar-refractivity contribution in [2.24, 2.45) is 0 Å². The summed E-state index contributed by atoms with van der Waals surface area (Å²) in [4.78, 5) is 3.96. The lowest BCUT2D eigenvalue weighted by Crippen LogP contribution is -2.48. The molecule has 0 saturated carbocycles. The molecule has 27 heavy (non-hydrogen) atoms. The SMILES string of the molecule is Fc1cc(Cl)ccc1-c1nn2c(c1-c1ccncc1)CNC(C(F)(F)F)C2. The Labute approximate surface area is 156 Å². The van der Waals surface area contributed by atoms with Crippen LogP contribution in [0.5, 0.6) is 0 Å². The van der Waals surface area contributed by atoms with Crippen LogP contribution in [-0.2, 0) is 13.1 Å². The minimum Gasteiger partial charge on any atom is -0.299 e. The van der Waals surface area contributed by atoms with Crippen molar-refractivity contribution in [2.75, 3.05) is 0 Å². The molecule has 0 aliphatic carbocycles. The topological polar surface area (TPSA) is 42.7 Å². The molecule has 0 saturated heterocycles. The van der Waals surface area contributed by atoms with Crippen molar-refractivity contribution in [2.45, 2.75) is 25.3 Å². The molecule has 4 nitrogen and oxygen atoms in total. The van der Waals surface area contributed by atoms with E-state index in [4.69, 9.17) is 11.6 Å². The monoisotopic (exact) mass is 396 g/mol. The average molecular weight is 397 g/mol. The van der Waals surface area contributed by atoms with E-state index in [9.17, 15) is 17.6 Å². The number of nitrogens with one attached hydrogen (secondary N) is 1. The molecule has 3 heterocycles. The van der Waals surface area contributed by atoms with Crippen molar-refractivity contribution in [3.8, 4) is 22.4 Å². The van der Waals surface area contributed by atoms with Crippen LogP contribution in [0.25, 0.3) is 22.4 Å². The van der Waals surface area contributed by atoms with Crippen LogP contribution in [0.3, 0.4) is 0 Å². The maximum absolute atomic E-state index is 14.5. The summed E-state index contributed by atoms with van der Waals surface area (Å²) >= 11 is 5.82. The van der Waals surface area contributed by atoms with Gasteiger partial charge in [0.2, 0.25) is 0 Å². The molecule has 0 amide bonds. The fourth-order valence-corrected chi connectivity index (χ4v) is 3.35. The second-order valence-electron chi connectivity index (χ2n) is 6.19. The number of aromatic nitrogens is 3. The first kappa shape index (κ1) is 17.9.